The fraction of sp³-hybridized carbons (Fsp3) is 0.273. The fourth-order valence-electron chi connectivity index (χ4n) is 0.720. The lowest BCUT2D eigenvalue weighted by Crippen LogP contribution is -2.09. The average Bonchev–Trinajstić information content (AvgIpc) is 2.20. The number of hydrogen-bond donors (Lipinski definition) is 1. The molecule has 0 aliphatic rings. The maximum Gasteiger partial charge on any atom is 0.317 e. The van der Waals surface area contributed by atoms with Gasteiger partial charge in [-0.05, 0) is 6.92 Å². The van der Waals surface area contributed by atoms with Gasteiger partial charge in [-0.25, -0.2) is 0 Å². The van der Waals surface area contributed by atoms with Crippen molar-refractivity contribution in [2.24, 2.45) is 0 Å². The van der Waals surface area contributed by atoms with Crippen molar-refractivity contribution in [3.05, 3.63) is 36.4 Å². The highest BCUT2D eigenvalue weighted by molar-refractivity contribution is 5.90. The lowest BCUT2D eigenvalue weighted by molar-refractivity contribution is -0.150. The van der Waals surface area contributed by atoms with Gasteiger partial charge in [-0.15, -0.1) is 0 Å². The summed E-state index contributed by atoms with van der Waals surface area (Å²) in [6.45, 7) is 1.85. The van der Waals surface area contributed by atoms with Gasteiger partial charge in [0.25, 0.3) is 0 Å². The van der Waals surface area contributed by atoms with E-state index in [1.54, 1.807) is 6.92 Å². The molecular formula is C11H14O4. The number of esters is 1. The third-order valence-electron chi connectivity index (χ3n) is 1.27. The molecule has 82 valence electrons. The molecule has 0 aliphatic heterocycles. The number of ether oxygens (including phenoxy) is 1. The molecule has 0 atom stereocenters. The number of benzene rings is 1. The Labute approximate surface area is 88.5 Å². The molecule has 0 bridgehead atoms. The molecule has 15 heavy (non-hydrogen) atoms. The third kappa shape index (κ3) is 10.1. The third-order valence-corrected chi connectivity index (χ3v) is 1.27. The van der Waals surface area contributed by atoms with Crippen LogP contribution in [0.25, 0.3) is 0 Å². The SMILES string of the molecule is CCOC(=O)CC(=O)O.c1ccccc1. The number of aliphatic carboxylic acids is 1. The van der Waals surface area contributed by atoms with E-state index in [0.717, 1.165) is 0 Å². The molecule has 0 saturated heterocycles. The van der Waals surface area contributed by atoms with E-state index in [1.165, 1.54) is 0 Å². The van der Waals surface area contributed by atoms with Crippen molar-refractivity contribution in [3.8, 4) is 0 Å². The van der Waals surface area contributed by atoms with Crippen LogP contribution in [0.15, 0.2) is 36.4 Å². The van der Waals surface area contributed by atoms with Gasteiger partial charge in [0.2, 0.25) is 0 Å². The Morgan fingerprint density at radius 1 is 1.07 bits per heavy atom. The molecule has 1 aromatic carbocycles. The zero-order valence-corrected chi connectivity index (χ0v) is 8.55. The lowest BCUT2D eigenvalue weighted by atomic mass is 10.4. The Kier molecular flexibility index (Phi) is 7.67. The maximum absolute atomic E-state index is 10.3. The highest BCUT2D eigenvalue weighted by Crippen LogP contribution is 1.84. The van der Waals surface area contributed by atoms with Crippen molar-refractivity contribution >= 4 is 11.9 Å². The van der Waals surface area contributed by atoms with Crippen molar-refractivity contribution in [3.63, 3.8) is 0 Å². The van der Waals surface area contributed by atoms with Crippen molar-refractivity contribution in [2.45, 2.75) is 13.3 Å². The van der Waals surface area contributed by atoms with E-state index in [0.29, 0.717) is 0 Å². The van der Waals surface area contributed by atoms with Crippen LogP contribution in [0, 0.1) is 0 Å². The molecule has 0 radical (unpaired) electrons. The molecule has 1 rings (SSSR count). The molecular weight excluding hydrogens is 196 g/mol. The highest BCUT2D eigenvalue weighted by Gasteiger charge is 2.06. The molecule has 0 aliphatic carbocycles. The first kappa shape index (κ1) is 13.2. The number of carbonyl (C=O) groups excluding carboxylic acids is 1. The van der Waals surface area contributed by atoms with Crippen LogP contribution < -0.4 is 0 Å². The van der Waals surface area contributed by atoms with E-state index in [1.807, 2.05) is 36.4 Å². The Morgan fingerprint density at radius 2 is 1.47 bits per heavy atom. The van der Waals surface area contributed by atoms with E-state index in [2.05, 4.69) is 4.74 Å². The summed E-state index contributed by atoms with van der Waals surface area (Å²) in [5, 5.41) is 8.01. The quantitative estimate of drug-likeness (QED) is 0.609. The fourth-order valence-corrected chi connectivity index (χ4v) is 0.720. The Balaban J connectivity index is 0.000000280. The van der Waals surface area contributed by atoms with Crippen LogP contribution in [-0.4, -0.2) is 23.7 Å². The lowest BCUT2D eigenvalue weighted by Gasteiger charge is -1.95. The first-order valence-electron chi connectivity index (χ1n) is 4.54. The number of hydrogen-bond acceptors (Lipinski definition) is 3. The zero-order chi connectivity index (χ0) is 11.5. The molecule has 0 saturated carbocycles. The second-order valence-electron chi connectivity index (χ2n) is 2.53. The second kappa shape index (κ2) is 8.74. The summed E-state index contributed by atoms with van der Waals surface area (Å²) in [4.78, 5) is 20.0. The normalized spacial score (nSPS) is 8.33. The van der Waals surface area contributed by atoms with Crippen molar-refractivity contribution < 1.29 is 19.4 Å². The second-order valence-corrected chi connectivity index (χ2v) is 2.53. The number of rotatable bonds is 3. The minimum Gasteiger partial charge on any atom is -0.481 e. The van der Waals surface area contributed by atoms with Crippen LogP contribution >= 0.6 is 0 Å². The van der Waals surface area contributed by atoms with Crippen LogP contribution in [0.3, 0.4) is 0 Å². The van der Waals surface area contributed by atoms with Crippen LogP contribution in [-0.2, 0) is 14.3 Å². The van der Waals surface area contributed by atoms with E-state index < -0.39 is 18.4 Å². The molecule has 0 aromatic heterocycles. The van der Waals surface area contributed by atoms with E-state index in [9.17, 15) is 9.59 Å². The standard InChI is InChI=1S/C6H6.C5H8O4/c1-2-4-6-5-3-1;1-2-9-5(8)3-4(6)7/h1-6H;2-3H2,1H3,(H,6,7). The van der Waals surface area contributed by atoms with Gasteiger partial charge in [0, 0.05) is 0 Å². The van der Waals surface area contributed by atoms with Gasteiger partial charge >= 0.3 is 11.9 Å². The molecule has 1 aromatic rings. The van der Waals surface area contributed by atoms with Gasteiger partial charge in [-0.3, -0.25) is 9.59 Å². The van der Waals surface area contributed by atoms with Gasteiger partial charge in [-0.1, -0.05) is 36.4 Å². The predicted octanol–water partition coefficient (Wildman–Crippen LogP) is 1.71. The zero-order valence-electron chi connectivity index (χ0n) is 8.55. The molecule has 0 amide bonds. The summed E-state index contributed by atoms with van der Waals surface area (Å²) in [5.74, 6) is -1.85. The topological polar surface area (TPSA) is 63.6 Å². The summed E-state index contributed by atoms with van der Waals surface area (Å²) in [5.41, 5.74) is 0. The molecule has 4 heteroatoms. The van der Waals surface area contributed by atoms with Crippen molar-refractivity contribution in [2.75, 3.05) is 6.61 Å². The number of carbonyl (C=O) groups is 2. The van der Waals surface area contributed by atoms with E-state index in [4.69, 9.17) is 5.11 Å². The van der Waals surface area contributed by atoms with E-state index in [-0.39, 0.29) is 6.61 Å². The van der Waals surface area contributed by atoms with Gasteiger partial charge in [0.1, 0.15) is 6.42 Å². The van der Waals surface area contributed by atoms with Crippen LogP contribution in [0.5, 0.6) is 0 Å². The average molecular weight is 210 g/mol. The van der Waals surface area contributed by atoms with Crippen LogP contribution in [0.1, 0.15) is 13.3 Å². The maximum atomic E-state index is 10.3. The molecule has 0 fully saturated rings. The van der Waals surface area contributed by atoms with Crippen molar-refractivity contribution in [1.29, 1.82) is 0 Å². The summed E-state index contributed by atoms with van der Waals surface area (Å²) in [6.07, 6.45) is -0.548. The van der Waals surface area contributed by atoms with Crippen LogP contribution in [0.2, 0.25) is 0 Å². The van der Waals surface area contributed by atoms with Gasteiger partial charge < -0.3 is 9.84 Å². The molecule has 0 spiro atoms. The molecule has 0 unspecified atom stereocenters. The van der Waals surface area contributed by atoms with Gasteiger partial charge in [-0.2, -0.15) is 0 Å². The first-order chi connectivity index (χ1) is 7.16. The minimum atomic E-state index is -1.16. The molecule has 4 nitrogen and oxygen atoms in total. The predicted molar refractivity (Wildman–Crippen MR) is 55.3 cm³/mol. The summed E-state index contributed by atoms with van der Waals surface area (Å²) >= 11 is 0. The highest BCUT2D eigenvalue weighted by atomic mass is 16.5. The summed E-state index contributed by atoms with van der Waals surface area (Å²) in [7, 11) is 0. The minimum absolute atomic E-state index is 0.228. The molecule has 0 heterocycles. The van der Waals surface area contributed by atoms with Gasteiger partial charge in [0.05, 0.1) is 6.61 Å². The largest absolute Gasteiger partial charge is 0.481 e. The number of carboxylic acid groups (broad SMARTS) is 1. The molecule has 1 N–H and O–H groups in total. The summed E-state index contributed by atoms with van der Waals surface area (Å²) < 4.78 is 4.33. The van der Waals surface area contributed by atoms with Crippen LogP contribution in [0.4, 0.5) is 0 Å². The Morgan fingerprint density at radius 3 is 1.73 bits per heavy atom. The Bertz CT molecular complexity index is 255. The van der Waals surface area contributed by atoms with Gasteiger partial charge in [0.15, 0.2) is 0 Å². The Hall–Kier alpha value is -1.84. The number of carboxylic acids is 1. The van der Waals surface area contributed by atoms with E-state index >= 15 is 0 Å². The first-order valence-corrected chi connectivity index (χ1v) is 4.54. The summed E-state index contributed by atoms with van der Waals surface area (Å²) in [6, 6.07) is 12.0. The van der Waals surface area contributed by atoms with Crippen molar-refractivity contribution in [1.82, 2.24) is 0 Å². The monoisotopic (exact) mass is 210 g/mol. The smallest absolute Gasteiger partial charge is 0.317 e.